The molecule has 1 aromatic rings. The van der Waals surface area contributed by atoms with Crippen LogP contribution in [-0.2, 0) is 7.05 Å². The number of likely N-dealkylation sites (tertiary alicyclic amines) is 1. The van der Waals surface area contributed by atoms with Crippen molar-refractivity contribution in [2.45, 2.75) is 19.0 Å². The van der Waals surface area contributed by atoms with Crippen molar-refractivity contribution in [3.63, 3.8) is 0 Å². The van der Waals surface area contributed by atoms with Crippen LogP contribution in [0.1, 0.15) is 12.8 Å². The van der Waals surface area contributed by atoms with E-state index in [1.165, 1.54) is 18.1 Å². The molecule has 0 atom stereocenters. The third-order valence-electron chi connectivity index (χ3n) is 3.77. The van der Waals surface area contributed by atoms with Crippen LogP contribution in [0.4, 0.5) is 18.9 Å². The molecule has 2 rings (SSSR count). The van der Waals surface area contributed by atoms with Crippen molar-refractivity contribution >= 4 is 17.3 Å². The molecule has 0 bridgehead atoms. The van der Waals surface area contributed by atoms with Gasteiger partial charge in [-0.15, -0.1) is 0 Å². The number of hydrogen-bond acceptors (Lipinski definition) is 4. The number of halogens is 4. The average molecular weight is 339 g/mol. The third kappa shape index (κ3) is 4.61. The van der Waals surface area contributed by atoms with Gasteiger partial charge < -0.3 is 5.32 Å². The van der Waals surface area contributed by atoms with Gasteiger partial charge in [0.2, 0.25) is 0 Å². The molecule has 1 aliphatic rings. The summed E-state index contributed by atoms with van der Waals surface area (Å²) in [4.78, 5) is 13.1. The predicted molar refractivity (Wildman–Crippen MR) is 78.2 cm³/mol. The smallest absolute Gasteiger partial charge is 0.382 e. The fraction of sp³-hybridized carbons (Fsp3) is 0.692. The summed E-state index contributed by atoms with van der Waals surface area (Å²) in [5.74, 6) is 0.254. The molecule has 9 heteroatoms. The van der Waals surface area contributed by atoms with Crippen LogP contribution in [-0.4, -0.2) is 47.0 Å². The van der Waals surface area contributed by atoms with Crippen LogP contribution in [0, 0.1) is 5.92 Å². The number of nitrogens with one attached hydrogen (secondary N) is 1. The van der Waals surface area contributed by atoms with Gasteiger partial charge in [0.1, 0.15) is 5.02 Å². The van der Waals surface area contributed by atoms with E-state index < -0.39 is 12.7 Å². The minimum absolute atomic E-state index is 0.0759. The molecule has 5 nitrogen and oxygen atoms in total. The second-order valence-electron chi connectivity index (χ2n) is 5.52. The second kappa shape index (κ2) is 6.87. The van der Waals surface area contributed by atoms with Gasteiger partial charge in [-0.3, -0.25) is 9.69 Å². The summed E-state index contributed by atoms with van der Waals surface area (Å²) in [6, 6.07) is 0. The van der Waals surface area contributed by atoms with E-state index in [2.05, 4.69) is 10.4 Å². The summed E-state index contributed by atoms with van der Waals surface area (Å²) in [5.41, 5.74) is 0.0779. The molecule has 0 aromatic carbocycles. The normalized spacial score (nSPS) is 17.7. The van der Waals surface area contributed by atoms with Crippen LogP contribution in [0.3, 0.4) is 0 Å². The molecule has 0 saturated carbocycles. The van der Waals surface area contributed by atoms with Crippen LogP contribution >= 0.6 is 11.6 Å². The molecule has 22 heavy (non-hydrogen) atoms. The Morgan fingerprint density at radius 3 is 2.64 bits per heavy atom. The van der Waals surface area contributed by atoms with Gasteiger partial charge in [0.05, 0.1) is 18.4 Å². The lowest BCUT2D eigenvalue weighted by Gasteiger charge is -2.32. The number of alkyl halides is 3. The standard InChI is InChI=1S/C13H18ClF3N4O/c1-20-12(22)11(14)10(7-19-20)18-6-9-2-4-21(5-3-9)8-13(15,16)17/h7,9,18H,2-6,8H2,1H3. The highest BCUT2D eigenvalue weighted by molar-refractivity contribution is 6.32. The Morgan fingerprint density at radius 1 is 1.41 bits per heavy atom. The van der Waals surface area contributed by atoms with Crippen molar-refractivity contribution in [3.05, 3.63) is 21.6 Å². The van der Waals surface area contributed by atoms with Gasteiger partial charge in [-0.25, -0.2) is 4.68 Å². The molecule has 1 saturated heterocycles. The van der Waals surface area contributed by atoms with Crippen LogP contribution < -0.4 is 10.9 Å². The molecule has 1 aromatic heterocycles. The highest BCUT2D eigenvalue weighted by Gasteiger charge is 2.32. The lowest BCUT2D eigenvalue weighted by molar-refractivity contribution is -0.148. The van der Waals surface area contributed by atoms with E-state index in [9.17, 15) is 18.0 Å². The average Bonchev–Trinajstić information content (AvgIpc) is 2.44. The fourth-order valence-electron chi connectivity index (χ4n) is 2.49. The number of aryl methyl sites for hydroxylation is 1. The number of piperidine rings is 1. The molecule has 0 spiro atoms. The molecule has 1 aliphatic heterocycles. The number of aromatic nitrogens is 2. The lowest BCUT2D eigenvalue weighted by atomic mass is 9.97. The Kier molecular flexibility index (Phi) is 5.33. The topological polar surface area (TPSA) is 50.2 Å². The Hall–Kier alpha value is -1.28. The zero-order chi connectivity index (χ0) is 16.3. The molecule has 0 unspecified atom stereocenters. The van der Waals surface area contributed by atoms with Crippen molar-refractivity contribution in [1.82, 2.24) is 14.7 Å². The number of nitrogens with zero attached hydrogens (tertiary/aromatic N) is 3. The maximum atomic E-state index is 12.3. The molecular weight excluding hydrogens is 321 g/mol. The summed E-state index contributed by atoms with van der Waals surface area (Å²) in [6.45, 7) is 0.564. The summed E-state index contributed by atoms with van der Waals surface area (Å²) < 4.78 is 38.1. The monoisotopic (exact) mass is 338 g/mol. The van der Waals surface area contributed by atoms with E-state index in [-0.39, 0.29) is 16.5 Å². The summed E-state index contributed by atoms with van der Waals surface area (Å²) in [5, 5.41) is 7.02. The summed E-state index contributed by atoms with van der Waals surface area (Å²) in [7, 11) is 1.51. The van der Waals surface area contributed by atoms with Crippen LogP contribution in [0.15, 0.2) is 11.0 Å². The highest BCUT2D eigenvalue weighted by Crippen LogP contribution is 2.23. The van der Waals surface area contributed by atoms with Gasteiger partial charge in [-0.1, -0.05) is 11.6 Å². The molecule has 1 fully saturated rings. The van der Waals surface area contributed by atoms with Crippen molar-refractivity contribution < 1.29 is 13.2 Å². The molecule has 2 heterocycles. The SMILES string of the molecule is Cn1ncc(NCC2CCN(CC(F)(F)F)CC2)c(Cl)c1=O. The first kappa shape index (κ1) is 17.1. The minimum Gasteiger partial charge on any atom is -0.382 e. The van der Waals surface area contributed by atoms with E-state index in [0.717, 1.165) is 4.68 Å². The molecule has 0 radical (unpaired) electrons. The Bertz CT molecular complexity index is 567. The first-order chi connectivity index (χ1) is 10.3. The number of hydrogen-bond donors (Lipinski definition) is 1. The lowest BCUT2D eigenvalue weighted by Crippen LogP contribution is -2.41. The zero-order valence-corrected chi connectivity index (χ0v) is 12.9. The molecule has 0 aliphatic carbocycles. The maximum Gasteiger partial charge on any atom is 0.401 e. The van der Waals surface area contributed by atoms with E-state index in [0.29, 0.717) is 38.2 Å². The van der Waals surface area contributed by atoms with Crippen molar-refractivity contribution in [1.29, 1.82) is 0 Å². The largest absolute Gasteiger partial charge is 0.401 e. The van der Waals surface area contributed by atoms with Crippen molar-refractivity contribution in [2.75, 3.05) is 31.5 Å². The Morgan fingerprint density at radius 2 is 2.05 bits per heavy atom. The molecule has 0 amide bonds. The Labute approximate surface area is 131 Å². The van der Waals surface area contributed by atoms with E-state index in [1.54, 1.807) is 0 Å². The maximum absolute atomic E-state index is 12.3. The summed E-state index contributed by atoms with van der Waals surface area (Å²) in [6.07, 6.45) is -1.31. The highest BCUT2D eigenvalue weighted by atomic mass is 35.5. The first-order valence-corrected chi connectivity index (χ1v) is 7.39. The molecular formula is C13H18ClF3N4O. The first-order valence-electron chi connectivity index (χ1n) is 7.01. The van der Waals surface area contributed by atoms with Gasteiger partial charge in [0, 0.05) is 13.6 Å². The minimum atomic E-state index is -4.14. The van der Waals surface area contributed by atoms with Crippen molar-refractivity contribution in [2.24, 2.45) is 13.0 Å². The van der Waals surface area contributed by atoms with Crippen LogP contribution in [0.2, 0.25) is 5.02 Å². The van der Waals surface area contributed by atoms with E-state index in [1.807, 2.05) is 0 Å². The second-order valence-corrected chi connectivity index (χ2v) is 5.89. The van der Waals surface area contributed by atoms with Crippen LogP contribution in [0.25, 0.3) is 0 Å². The predicted octanol–water partition coefficient (Wildman–Crippen LogP) is 2.12. The molecule has 124 valence electrons. The zero-order valence-electron chi connectivity index (χ0n) is 12.2. The van der Waals surface area contributed by atoms with Crippen LogP contribution in [0.5, 0.6) is 0 Å². The number of rotatable bonds is 4. The molecule has 1 N–H and O–H groups in total. The van der Waals surface area contributed by atoms with E-state index in [4.69, 9.17) is 11.6 Å². The van der Waals surface area contributed by atoms with Gasteiger partial charge >= 0.3 is 6.18 Å². The third-order valence-corrected chi connectivity index (χ3v) is 4.13. The van der Waals surface area contributed by atoms with Gasteiger partial charge in [-0.2, -0.15) is 18.3 Å². The summed E-state index contributed by atoms with van der Waals surface area (Å²) >= 11 is 5.94. The van der Waals surface area contributed by atoms with E-state index >= 15 is 0 Å². The fourth-order valence-corrected chi connectivity index (χ4v) is 2.73. The van der Waals surface area contributed by atoms with Gasteiger partial charge in [0.25, 0.3) is 5.56 Å². The van der Waals surface area contributed by atoms with Gasteiger partial charge in [0.15, 0.2) is 0 Å². The number of anilines is 1. The quantitative estimate of drug-likeness (QED) is 0.913. The van der Waals surface area contributed by atoms with Crippen molar-refractivity contribution in [3.8, 4) is 0 Å². The Balaban J connectivity index is 1.82. The van der Waals surface area contributed by atoms with Gasteiger partial charge in [-0.05, 0) is 31.8 Å².